The Morgan fingerprint density at radius 1 is 1.00 bits per heavy atom. The van der Waals surface area contributed by atoms with Crippen molar-refractivity contribution < 1.29 is 39.1 Å². The standard InChI is InChI=1S/C29H27BCl2N2O8/c1-33-26(38)28(31)14-21-19(23(29(28,32)27(33)39)15-5-7-18(8-6-15)42-12-11-35)9-10-20-22(21)25(37)34(24(20)36)17-4-2-3-16(13-17)30(40)41/h2-9,13,20-23,35,40-41H,10-12,14H2,1H3/t20-,21+,22-,23-,28+,29-/m0/s1. The third-order valence-corrected chi connectivity index (χ3v) is 10.4. The molecule has 3 N–H and O–H groups in total. The van der Waals surface area contributed by atoms with Crippen molar-refractivity contribution in [3.63, 3.8) is 0 Å². The Morgan fingerprint density at radius 3 is 2.38 bits per heavy atom. The van der Waals surface area contributed by atoms with Gasteiger partial charge >= 0.3 is 7.12 Å². The minimum atomic E-state index is -1.89. The fourth-order valence-corrected chi connectivity index (χ4v) is 8.14. The number of ether oxygens (including phenoxy) is 1. The monoisotopic (exact) mass is 612 g/mol. The molecule has 0 unspecified atom stereocenters. The molecule has 218 valence electrons. The summed E-state index contributed by atoms with van der Waals surface area (Å²) >= 11 is 14.3. The van der Waals surface area contributed by atoms with Crippen molar-refractivity contribution in [3.8, 4) is 5.75 Å². The third kappa shape index (κ3) is 3.91. The number of hydrogen-bond acceptors (Lipinski definition) is 8. The summed E-state index contributed by atoms with van der Waals surface area (Å²) in [4.78, 5) is 53.1. The van der Waals surface area contributed by atoms with E-state index in [4.69, 9.17) is 33.0 Å². The summed E-state index contributed by atoms with van der Waals surface area (Å²) in [7, 11) is -0.459. The number of hydrogen-bond donors (Lipinski definition) is 3. The molecule has 6 atom stereocenters. The zero-order valence-electron chi connectivity index (χ0n) is 22.4. The van der Waals surface area contributed by atoms with Crippen LogP contribution in [0.2, 0.25) is 0 Å². The van der Waals surface area contributed by atoms with E-state index in [1.807, 2.05) is 6.08 Å². The Morgan fingerprint density at radius 2 is 1.71 bits per heavy atom. The average molecular weight is 613 g/mol. The van der Waals surface area contributed by atoms with Gasteiger partial charge in [0.15, 0.2) is 9.75 Å². The van der Waals surface area contributed by atoms with Crippen LogP contribution < -0.4 is 15.1 Å². The maximum atomic E-state index is 14.0. The van der Waals surface area contributed by atoms with Crippen LogP contribution in [-0.2, 0) is 19.2 Å². The predicted octanol–water partition coefficient (Wildman–Crippen LogP) is 0.931. The lowest BCUT2D eigenvalue weighted by Crippen LogP contribution is -2.60. The molecular weight excluding hydrogens is 586 g/mol. The van der Waals surface area contributed by atoms with E-state index in [9.17, 15) is 29.2 Å². The highest BCUT2D eigenvalue weighted by Gasteiger charge is 2.75. The van der Waals surface area contributed by atoms with E-state index >= 15 is 0 Å². The minimum Gasteiger partial charge on any atom is -0.491 e. The van der Waals surface area contributed by atoms with Gasteiger partial charge < -0.3 is 19.9 Å². The first-order valence-corrected chi connectivity index (χ1v) is 14.3. The first kappa shape index (κ1) is 28.9. The van der Waals surface area contributed by atoms with Gasteiger partial charge in [-0.2, -0.15) is 0 Å². The number of benzene rings is 2. The fraction of sp³-hybridized carbons (Fsp3) is 0.379. The Kier molecular flexibility index (Phi) is 7.02. The van der Waals surface area contributed by atoms with Crippen LogP contribution in [0.3, 0.4) is 0 Å². The molecule has 3 fully saturated rings. The van der Waals surface area contributed by atoms with Crippen LogP contribution in [0.15, 0.2) is 60.2 Å². The lowest BCUT2D eigenvalue weighted by Gasteiger charge is -2.50. The summed E-state index contributed by atoms with van der Waals surface area (Å²) in [6, 6.07) is 12.7. The summed E-state index contributed by atoms with van der Waals surface area (Å²) in [5.74, 6) is -4.96. The molecule has 10 nitrogen and oxygen atoms in total. The zero-order chi connectivity index (χ0) is 30.1. The van der Waals surface area contributed by atoms with Gasteiger partial charge in [-0.1, -0.05) is 35.9 Å². The molecule has 4 amide bonds. The molecule has 2 aliphatic heterocycles. The number of rotatable bonds is 6. The van der Waals surface area contributed by atoms with Crippen molar-refractivity contribution in [2.75, 3.05) is 25.2 Å². The highest BCUT2D eigenvalue weighted by atomic mass is 35.5. The number of alkyl halides is 2. The van der Waals surface area contributed by atoms with Gasteiger partial charge in [-0.3, -0.25) is 29.0 Å². The van der Waals surface area contributed by atoms with Crippen LogP contribution >= 0.6 is 23.2 Å². The van der Waals surface area contributed by atoms with Gasteiger partial charge in [0.1, 0.15) is 12.4 Å². The summed E-state index contributed by atoms with van der Waals surface area (Å²) in [6.07, 6.45) is 1.91. The van der Waals surface area contributed by atoms with Gasteiger partial charge in [-0.15, -0.1) is 23.2 Å². The second-order valence-corrected chi connectivity index (χ2v) is 12.4. The Labute approximate surface area is 251 Å². The van der Waals surface area contributed by atoms with E-state index in [1.54, 1.807) is 30.3 Å². The Hall–Kier alpha value is -3.22. The number of aliphatic hydroxyl groups is 1. The second-order valence-electron chi connectivity index (χ2n) is 11.1. The molecule has 2 saturated heterocycles. The quantitative estimate of drug-likeness (QED) is 0.189. The van der Waals surface area contributed by atoms with Crippen molar-refractivity contribution in [2.24, 2.45) is 17.8 Å². The minimum absolute atomic E-state index is 0.0912. The maximum Gasteiger partial charge on any atom is 0.488 e. The lowest BCUT2D eigenvalue weighted by molar-refractivity contribution is -0.138. The number of imide groups is 2. The number of halogens is 2. The van der Waals surface area contributed by atoms with Crippen LogP contribution in [0.25, 0.3) is 0 Å². The van der Waals surface area contributed by atoms with Gasteiger partial charge in [0, 0.05) is 13.0 Å². The largest absolute Gasteiger partial charge is 0.491 e. The molecule has 0 spiro atoms. The Bertz CT molecular complexity index is 1530. The number of aliphatic hydroxyl groups excluding tert-OH is 1. The summed E-state index contributed by atoms with van der Waals surface area (Å²) in [6.45, 7) is -0.0768. The molecule has 2 aromatic carbocycles. The molecule has 1 saturated carbocycles. The van der Waals surface area contributed by atoms with E-state index in [1.165, 1.54) is 25.2 Å². The van der Waals surface area contributed by atoms with Gasteiger partial charge in [-0.25, -0.2) is 0 Å². The van der Waals surface area contributed by atoms with Crippen LogP contribution in [0.4, 0.5) is 5.69 Å². The van der Waals surface area contributed by atoms with Crippen LogP contribution in [0, 0.1) is 17.8 Å². The molecule has 6 rings (SSSR count). The first-order chi connectivity index (χ1) is 20.0. The van der Waals surface area contributed by atoms with E-state index in [0.717, 1.165) is 9.80 Å². The number of carbonyl (C=O) groups is 4. The normalized spacial score (nSPS) is 32.0. The topological polar surface area (TPSA) is 145 Å². The van der Waals surface area contributed by atoms with Gasteiger partial charge in [0.25, 0.3) is 11.8 Å². The van der Waals surface area contributed by atoms with E-state index in [-0.39, 0.29) is 37.2 Å². The predicted molar refractivity (Wildman–Crippen MR) is 153 cm³/mol. The van der Waals surface area contributed by atoms with E-state index < -0.39 is 64.2 Å². The van der Waals surface area contributed by atoms with Crippen LogP contribution in [0.1, 0.15) is 24.3 Å². The molecule has 0 radical (unpaired) electrons. The number of allylic oxidation sites excluding steroid dienone is 2. The molecule has 42 heavy (non-hydrogen) atoms. The summed E-state index contributed by atoms with van der Waals surface area (Å²) in [5, 5.41) is 28.4. The fourth-order valence-electron chi connectivity index (χ4n) is 7.12. The molecule has 4 aliphatic rings. The van der Waals surface area contributed by atoms with Crippen molar-refractivity contribution in [3.05, 3.63) is 65.7 Å². The smallest absolute Gasteiger partial charge is 0.488 e. The van der Waals surface area contributed by atoms with Crippen molar-refractivity contribution in [1.82, 2.24) is 4.90 Å². The second kappa shape index (κ2) is 10.2. The number of amides is 4. The lowest BCUT2D eigenvalue weighted by atomic mass is 9.56. The number of carbonyl (C=O) groups excluding carboxylic acids is 4. The van der Waals surface area contributed by atoms with Crippen molar-refractivity contribution in [1.29, 1.82) is 0 Å². The molecule has 13 heteroatoms. The third-order valence-electron chi connectivity index (χ3n) is 9.01. The Balaban J connectivity index is 1.45. The molecule has 2 aliphatic carbocycles. The summed E-state index contributed by atoms with van der Waals surface area (Å²) < 4.78 is 5.48. The highest BCUT2D eigenvalue weighted by molar-refractivity contribution is 6.58. The van der Waals surface area contributed by atoms with Crippen molar-refractivity contribution >= 4 is 65.1 Å². The first-order valence-electron chi connectivity index (χ1n) is 13.5. The van der Waals surface area contributed by atoms with E-state index in [0.29, 0.717) is 16.9 Å². The van der Waals surface area contributed by atoms with Crippen LogP contribution in [-0.4, -0.2) is 80.8 Å². The van der Waals surface area contributed by atoms with E-state index in [2.05, 4.69) is 0 Å². The molecule has 2 heterocycles. The number of likely N-dealkylation sites (tertiary alicyclic amines) is 1. The average Bonchev–Trinajstić information content (AvgIpc) is 3.31. The van der Waals surface area contributed by atoms with Crippen molar-refractivity contribution in [2.45, 2.75) is 28.5 Å². The van der Waals surface area contributed by atoms with Gasteiger partial charge in [-0.05, 0) is 54.1 Å². The number of nitrogens with zero attached hydrogens (tertiary/aromatic N) is 2. The molecule has 0 aromatic heterocycles. The van der Waals surface area contributed by atoms with Gasteiger partial charge in [0.2, 0.25) is 11.8 Å². The zero-order valence-corrected chi connectivity index (χ0v) is 24.0. The molecule has 2 aromatic rings. The molecule has 0 bridgehead atoms. The number of fused-ring (bicyclic) bond motifs is 4. The SMILES string of the molecule is CN1C(=O)[C@]2(Cl)C[C@@H]3C(=CC[C@@H]4C(=O)N(c5cccc(B(O)O)c5)C(=O)[C@@H]43)[C@H](c3ccc(OCCO)cc3)[C@]2(Cl)C1=O. The summed E-state index contributed by atoms with van der Waals surface area (Å²) in [5.41, 5.74) is 1.56. The highest BCUT2D eigenvalue weighted by Crippen LogP contribution is 2.65. The number of anilines is 1. The van der Waals surface area contributed by atoms with Gasteiger partial charge in [0.05, 0.1) is 24.1 Å². The molecular formula is C29H27BCl2N2O8. The maximum absolute atomic E-state index is 14.0. The van der Waals surface area contributed by atoms with Crippen LogP contribution in [0.5, 0.6) is 5.75 Å².